The van der Waals surface area contributed by atoms with Gasteiger partial charge in [0.25, 0.3) is 0 Å². The van der Waals surface area contributed by atoms with Gasteiger partial charge in [-0.05, 0) is 12.3 Å². The summed E-state index contributed by atoms with van der Waals surface area (Å²) in [5.74, 6) is -3.17. The zero-order chi connectivity index (χ0) is 19.3. The molecule has 0 unspecified atom stereocenters. The number of aliphatic hydroxyl groups is 5. The highest BCUT2D eigenvalue weighted by Crippen LogP contribution is 2.69. The van der Waals surface area contributed by atoms with Gasteiger partial charge in [-0.3, -0.25) is 4.79 Å². The van der Waals surface area contributed by atoms with Gasteiger partial charge in [-0.2, -0.15) is 0 Å². The van der Waals surface area contributed by atoms with Crippen LogP contribution < -0.4 is 0 Å². The van der Waals surface area contributed by atoms with E-state index in [9.17, 15) is 30.3 Å². The minimum Gasteiger partial charge on any atom is -0.459 e. The number of hydrogen-bond donors (Lipinski definition) is 5. The number of fused-ring (bicyclic) bond motifs is 2. The van der Waals surface area contributed by atoms with Crippen molar-refractivity contribution in [2.24, 2.45) is 34.5 Å². The lowest BCUT2D eigenvalue weighted by Gasteiger charge is -2.66. The molecule has 0 aromatic rings. The Hall–Kier alpha value is -0.990. The normalized spacial score (nSPS) is 61.7. The molecule has 0 radical (unpaired) electrons. The summed E-state index contributed by atoms with van der Waals surface area (Å²) >= 11 is 0. The Balaban J connectivity index is 1.97. The predicted molar refractivity (Wildman–Crippen MR) is 89.5 cm³/mol. The van der Waals surface area contributed by atoms with E-state index < -0.39 is 77.1 Å². The van der Waals surface area contributed by atoms with E-state index in [-0.39, 0.29) is 6.42 Å². The van der Waals surface area contributed by atoms with Gasteiger partial charge in [-0.1, -0.05) is 32.9 Å². The molecule has 1 heterocycles. The standard InChI is InChI=1S/C19H28O7/c1-6-5-8(20)15(24)18(3)9(6)12(22)16-19(4)10(17(25)26-16)7(2)11(21)13(23)14(18)19/h7-16,20-24H,1,5H2,2-4H3/t7-,8+,9-,10+,11-,12-,13-,14-,15-,16-,18+,19+/m1/s1. The van der Waals surface area contributed by atoms with Crippen LogP contribution in [0.25, 0.3) is 0 Å². The Morgan fingerprint density at radius 3 is 2.23 bits per heavy atom. The number of esters is 1. The van der Waals surface area contributed by atoms with Crippen LogP contribution in [0.5, 0.6) is 0 Å². The van der Waals surface area contributed by atoms with Gasteiger partial charge < -0.3 is 30.3 Å². The van der Waals surface area contributed by atoms with Crippen LogP contribution in [0, 0.1) is 34.5 Å². The lowest BCUT2D eigenvalue weighted by Crippen LogP contribution is -2.75. The molecule has 0 aromatic carbocycles. The second-order valence-electron chi connectivity index (χ2n) is 9.23. The topological polar surface area (TPSA) is 127 Å². The van der Waals surface area contributed by atoms with Gasteiger partial charge in [-0.25, -0.2) is 0 Å². The first-order valence-corrected chi connectivity index (χ1v) is 9.27. The van der Waals surface area contributed by atoms with Crippen LogP contribution in [0.1, 0.15) is 27.2 Å². The maximum atomic E-state index is 12.6. The van der Waals surface area contributed by atoms with E-state index in [2.05, 4.69) is 6.58 Å². The maximum absolute atomic E-state index is 12.6. The molecule has 0 spiro atoms. The molecule has 3 saturated carbocycles. The van der Waals surface area contributed by atoms with Crippen LogP contribution in [0.3, 0.4) is 0 Å². The van der Waals surface area contributed by atoms with E-state index in [0.29, 0.717) is 5.57 Å². The molecule has 4 aliphatic rings. The largest absolute Gasteiger partial charge is 0.459 e. The Morgan fingerprint density at radius 2 is 1.62 bits per heavy atom. The fraction of sp³-hybridized carbons (Fsp3) is 0.842. The van der Waals surface area contributed by atoms with E-state index in [1.165, 1.54) is 0 Å². The van der Waals surface area contributed by atoms with Crippen molar-refractivity contribution in [2.45, 2.75) is 63.8 Å². The molecule has 26 heavy (non-hydrogen) atoms. The molecular weight excluding hydrogens is 340 g/mol. The third-order valence-electron chi connectivity index (χ3n) is 8.11. The number of ether oxygens (including phenoxy) is 1. The van der Waals surface area contributed by atoms with Gasteiger partial charge in [0, 0.05) is 22.7 Å². The molecule has 5 N–H and O–H groups in total. The molecule has 7 nitrogen and oxygen atoms in total. The van der Waals surface area contributed by atoms with Crippen LogP contribution in [0.4, 0.5) is 0 Å². The summed E-state index contributed by atoms with van der Waals surface area (Å²) in [5.41, 5.74) is -1.58. The first-order valence-electron chi connectivity index (χ1n) is 9.27. The molecule has 1 saturated heterocycles. The summed E-state index contributed by atoms with van der Waals surface area (Å²) in [7, 11) is 0. The van der Waals surface area contributed by atoms with Gasteiger partial charge in [-0.15, -0.1) is 0 Å². The Morgan fingerprint density at radius 1 is 1.00 bits per heavy atom. The molecular formula is C19H28O7. The van der Waals surface area contributed by atoms with E-state index in [4.69, 9.17) is 4.74 Å². The number of carbonyl (C=O) groups excluding carboxylic acids is 1. The molecule has 3 aliphatic carbocycles. The molecule has 1 aliphatic heterocycles. The van der Waals surface area contributed by atoms with E-state index in [0.717, 1.165) is 0 Å². The second-order valence-corrected chi connectivity index (χ2v) is 9.23. The molecule has 4 fully saturated rings. The van der Waals surface area contributed by atoms with E-state index >= 15 is 0 Å². The second kappa shape index (κ2) is 5.29. The van der Waals surface area contributed by atoms with Crippen molar-refractivity contribution in [3.05, 3.63) is 12.2 Å². The third kappa shape index (κ3) is 1.79. The number of carbonyl (C=O) groups is 1. The Labute approximate surface area is 152 Å². The number of rotatable bonds is 0. The highest BCUT2D eigenvalue weighted by atomic mass is 16.6. The molecule has 0 amide bonds. The maximum Gasteiger partial charge on any atom is 0.310 e. The Kier molecular flexibility index (Phi) is 3.74. The average molecular weight is 368 g/mol. The van der Waals surface area contributed by atoms with Crippen molar-refractivity contribution in [2.75, 3.05) is 0 Å². The SMILES string of the molecule is C=C1C[C@H](O)[C@@H](O)[C@]2(C)[C@H]3[C@H](O)[C@H](O)[C@H](C)[C@H]4C(=O)O[C@H]([C@H](O)[C@@H]12)[C@]34C. The molecule has 12 atom stereocenters. The zero-order valence-corrected chi connectivity index (χ0v) is 15.2. The summed E-state index contributed by atoms with van der Waals surface area (Å²) < 4.78 is 5.57. The fourth-order valence-electron chi connectivity index (χ4n) is 7.16. The van der Waals surface area contributed by atoms with Gasteiger partial charge >= 0.3 is 5.97 Å². The first-order chi connectivity index (χ1) is 12.0. The van der Waals surface area contributed by atoms with Crippen molar-refractivity contribution in [3.63, 3.8) is 0 Å². The van der Waals surface area contributed by atoms with Crippen molar-refractivity contribution in [1.82, 2.24) is 0 Å². The zero-order valence-electron chi connectivity index (χ0n) is 15.2. The fourth-order valence-corrected chi connectivity index (χ4v) is 7.16. The smallest absolute Gasteiger partial charge is 0.310 e. The van der Waals surface area contributed by atoms with E-state index in [1.807, 2.05) is 0 Å². The minimum atomic E-state index is -1.23. The number of aliphatic hydroxyl groups excluding tert-OH is 5. The van der Waals surface area contributed by atoms with Crippen LogP contribution in [-0.4, -0.2) is 68.1 Å². The van der Waals surface area contributed by atoms with Gasteiger partial charge in [0.05, 0.1) is 36.4 Å². The average Bonchev–Trinajstić information content (AvgIpc) is 2.81. The van der Waals surface area contributed by atoms with Crippen LogP contribution in [0.2, 0.25) is 0 Å². The Bertz CT molecular complexity index is 664. The van der Waals surface area contributed by atoms with Crippen molar-refractivity contribution in [1.29, 1.82) is 0 Å². The highest BCUT2D eigenvalue weighted by molar-refractivity contribution is 5.77. The van der Waals surface area contributed by atoms with Crippen molar-refractivity contribution in [3.8, 4) is 0 Å². The molecule has 7 heteroatoms. The molecule has 4 rings (SSSR count). The summed E-state index contributed by atoms with van der Waals surface area (Å²) in [6.45, 7) is 9.16. The summed E-state index contributed by atoms with van der Waals surface area (Å²) in [6, 6.07) is 0. The van der Waals surface area contributed by atoms with Crippen LogP contribution in [0.15, 0.2) is 12.2 Å². The quantitative estimate of drug-likeness (QED) is 0.280. The van der Waals surface area contributed by atoms with Crippen LogP contribution in [-0.2, 0) is 9.53 Å². The lowest BCUT2D eigenvalue weighted by molar-refractivity contribution is -0.283. The number of hydrogen-bond acceptors (Lipinski definition) is 7. The molecule has 146 valence electrons. The van der Waals surface area contributed by atoms with E-state index in [1.54, 1.807) is 20.8 Å². The first kappa shape index (κ1) is 18.4. The minimum absolute atomic E-state index is 0.126. The molecule has 0 bridgehead atoms. The van der Waals surface area contributed by atoms with Crippen molar-refractivity contribution < 1.29 is 35.1 Å². The summed E-state index contributed by atoms with van der Waals surface area (Å²) in [6.07, 6.45) is -6.54. The third-order valence-corrected chi connectivity index (χ3v) is 8.11. The monoisotopic (exact) mass is 368 g/mol. The predicted octanol–water partition coefficient (Wildman–Crippen LogP) is -0.799. The van der Waals surface area contributed by atoms with Gasteiger partial charge in [0.1, 0.15) is 6.10 Å². The van der Waals surface area contributed by atoms with Crippen LogP contribution >= 0.6 is 0 Å². The molecule has 0 aromatic heterocycles. The summed E-state index contributed by atoms with van der Waals surface area (Å²) in [4.78, 5) is 12.6. The van der Waals surface area contributed by atoms with Crippen molar-refractivity contribution >= 4 is 5.97 Å². The van der Waals surface area contributed by atoms with Gasteiger partial charge in [0.15, 0.2) is 0 Å². The summed E-state index contributed by atoms with van der Waals surface area (Å²) in [5, 5.41) is 54.1. The van der Waals surface area contributed by atoms with Gasteiger partial charge in [0.2, 0.25) is 0 Å². The lowest BCUT2D eigenvalue weighted by atomic mass is 9.38. The highest BCUT2D eigenvalue weighted by Gasteiger charge is 2.77.